The average molecular weight is 540 g/mol. The maximum absolute atomic E-state index is 14.2. The lowest BCUT2D eigenvalue weighted by Gasteiger charge is -2.48. The van der Waals surface area contributed by atoms with Gasteiger partial charge in [-0.15, -0.1) is 0 Å². The van der Waals surface area contributed by atoms with Crippen LogP contribution in [0.4, 0.5) is 10.1 Å². The average Bonchev–Trinajstić information content (AvgIpc) is 3.36. The zero-order valence-electron chi connectivity index (χ0n) is 23.1. The highest BCUT2D eigenvalue weighted by atomic mass is 19.1. The Kier molecular flexibility index (Phi) is 6.77. The van der Waals surface area contributed by atoms with Crippen LogP contribution in [0.1, 0.15) is 63.4 Å². The summed E-state index contributed by atoms with van der Waals surface area (Å²) in [5.74, 6) is -0.361. The van der Waals surface area contributed by atoms with Crippen molar-refractivity contribution in [2.24, 2.45) is 7.05 Å². The highest BCUT2D eigenvalue weighted by Crippen LogP contribution is 2.39. The normalized spacial score (nSPS) is 26.5. The fraction of sp³-hybridized carbons (Fsp3) is 0.586. The predicted octanol–water partition coefficient (Wildman–Crippen LogP) is 3.45. The van der Waals surface area contributed by atoms with Crippen LogP contribution >= 0.6 is 0 Å². The van der Waals surface area contributed by atoms with E-state index >= 15 is 0 Å². The van der Waals surface area contributed by atoms with Gasteiger partial charge in [-0.05, 0) is 63.3 Å². The topological polar surface area (TPSA) is 85.0 Å². The van der Waals surface area contributed by atoms with Gasteiger partial charge in [0.25, 0.3) is 5.56 Å². The fourth-order valence-corrected chi connectivity index (χ4v) is 6.46. The van der Waals surface area contributed by atoms with Gasteiger partial charge in [-0.25, -0.2) is 9.07 Å². The zero-order valence-corrected chi connectivity index (χ0v) is 23.1. The smallest absolute Gasteiger partial charge is 0.252 e. The van der Waals surface area contributed by atoms with Crippen LogP contribution in [0.3, 0.4) is 0 Å². The molecule has 0 aliphatic carbocycles. The Bertz CT molecular complexity index is 1430. The van der Waals surface area contributed by atoms with E-state index < -0.39 is 5.60 Å². The molecule has 1 N–H and O–H groups in total. The molecule has 4 atom stereocenters. The Labute approximate surface area is 227 Å². The Balaban J connectivity index is 1.30. The molecule has 5 heterocycles. The van der Waals surface area contributed by atoms with E-state index in [9.17, 15) is 14.3 Å². The van der Waals surface area contributed by atoms with E-state index in [-0.39, 0.29) is 48.9 Å². The van der Waals surface area contributed by atoms with Gasteiger partial charge < -0.3 is 24.0 Å². The van der Waals surface area contributed by atoms with Crippen LogP contribution in [0.25, 0.3) is 11.0 Å². The highest BCUT2D eigenvalue weighted by molar-refractivity contribution is 5.88. The molecule has 3 saturated heterocycles. The van der Waals surface area contributed by atoms with Crippen LogP contribution in [-0.4, -0.2) is 69.3 Å². The van der Waals surface area contributed by atoms with E-state index in [2.05, 4.69) is 30.6 Å². The van der Waals surface area contributed by atoms with E-state index in [4.69, 9.17) is 14.6 Å². The first-order chi connectivity index (χ1) is 18.7. The SMILES string of the molecule is CC(c1ccc(F)cc1C1(O)COC1)N1C[C@H](C)N(c2cc(=O)n(C)c3cn(C4CCCCO4)nc23)C[C@H]1C. The van der Waals surface area contributed by atoms with E-state index in [1.165, 1.54) is 12.1 Å². The molecule has 3 fully saturated rings. The lowest BCUT2D eigenvalue weighted by Crippen LogP contribution is -2.57. The molecule has 2 unspecified atom stereocenters. The molecule has 3 aromatic rings. The first-order valence-corrected chi connectivity index (χ1v) is 14.0. The number of aromatic nitrogens is 3. The first-order valence-electron chi connectivity index (χ1n) is 14.0. The number of fused-ring (bicyclic) bond motifs is 1. The van der Waals surface area contributed by atoms with Crippen LogP contribution in [0, 0.1) is 5.82 Å². The lowest BCUT2D eigenvalue weighted by molar-refractivity contribution is -0.185. The number of anilines is 1. The summed E-state index contributed by atoms with van der Waals surface area (Å²) in [5, 5.41) is 16.0. The summed E-state index contributed by atoms with van der Waals surface area (Å²) in [5.41, 5.74) is 2.75. The Hall–Kier alpha value is -2.79. The van der Waals surface area contributed by atoms with Crippen molar-refractivity contribution in [2.45, 2.75) is 70.0 Å². The third kappa shape index (κ3) is 4.57. The van der Waals surface area contributed by atoms with Crippen LogP contribution in [0.15, 0.2) is 35.3 Å². The van der Waals surface area contributed by atoms with Gasteiger partial charge in [0.2, 0.25) is 0 Å². The van der Waals surface area contributed by atoms with E-state index in [0.717, 1.165) is 54.7 Å². The van der Waals surface area contributed by atoms with Gasteiger partial charge in [0.05, 0.1) is 30.6 Å². The molecule has 3 aliphatic heterocycles. The molecule has 0 saturated carbocycles. The monoisotopic (exact) mass is 539 g/mol. The number of piperazine rings is 1. The third-order valence-electron chi connectivity index (χ3n) is 8.85. The van der Waals surface area contributed by atoms with Crippen molar-refractivity contribution in [1.29, 1.82) is 0 Å². The quantitative estimate of drug-likeness (QED) is 0.532. The molecule has 1 aromatic carbocycles. The number of halogens is 1. The van der Waals surface area contributed by atoms with Gasteiger partial charge in [-0.1, -0.05) is 6.07 Å². The van der Waals surface area contributed by atoms with Gasteiger partial charge in [-0.2, -0.15) is 5.10 Å². The van der Waals surface area contributed by atoms with E-state index in [1.54, 1.807) is 23.7 Å². The van der Waals surface area contributed by atoms with Crippen molar-refractivity contribution in [3.05, 3.63) is 57.8 Å². The summed E-state index contributed by atoms with van der Waals surface area (Å²) in [6, 6.07) is 6.58. The summed E-state index contributed by atoms with van der Waals surface area (Å²) >= 11 is 0. The maximum atomic E-state index is 14.2. The minimum absolute atomic E-state index is 0.0452. The molecule has 3 aliphatic rings. The number of hydrogen-bond donors (Lipinski definition) is 1. The summed E-state index contributed by atoms with van der Waals surface area (Å²) in [6.45, 7) is 8.95. The second kappa shape index (κ2) is 9.99. The maximum Gasteiger partial charge on any atom is 0.252 e. The molecule has 6 rings (SSSR count). The molecule has 0 spiro atoms. The highest BCUT2D eigenvalue weighted by Gasteiger charge is 2.42. The second-order valence-electron chi connectivity index (χ2n) is 11.6. The number of hydrogen-bond acceptors (Lipinski definition) is 7. The van der Waals surface area contributed by atoms with Gasteiger partial charge in [0.1, 0.15) is 23.2 Å². The number of pyridine rings is 1. The van der Waals surface area contributed by atoms with Crippen LogP contribution in [0.2, 0.25) is 0 Å². The summed E-state index contributed by atoms with van der Waals surface area (Å²) in [6.07, 6.45) is 4.90. The molecule has 10 heteroatoms. The van der Waals surface area contributed by atoms with Crippen LogP contribution in [-0.2, 0) is 22.1 Å². The number of nitrogens with zero attached hydrogens (tertiary/aromatic N) is 5. The van der Waals surface area contributed by atoms with Gasteiger partial charge in [0.15, 0.2) is 0 Å². The number of aliphatic hydroxyl groups is 1. The molecular formula is C29H38FN5O4. The zero-order chi connectivity index (χ0) is 27.5. The van der Waals surface area contributed by atoms with Crippen molar-refractivity contribution in [3.63, 3.8) is 0 Å². The standard InChI is InChI=1S/C29H38FN5O4/c1-18-14-34(24-12-26(36)32(4)25-15-35(31-28(24)25)27-7-5-6-10-39-27)19(2)13-33(18)20(3)22-9-8-21(30)11-23(22)29(37)16-38-17-29/h8-9,11-12,15,18-20,27,37H,5-7,10,13-14,16-17H2,1-4H3/t18-,19+,20?,27?/m1/s1. The number of ether oxygens (including phenoxy) is 2. The molecule has 0 radical (unpaired) electrons. The number of rotatable bonds is 5. The summed E-state index contributed by atoms with van der Waals surface area (Å²) in [4.78, 5) is 17.7. The van der Waals surface area contributed by atoms with Crippen LogP contribution in [0.5, 0.6) is 0 Å². The minimum Gasteiger partial charge on any atom is -0.380 e. The summed E-state index contributed by atoms with van der Waals surface area (Å²) < 4.78 is 29.0. The van der Waals surface area contributed by atoms with Crippen LogP contribution < -0.4 is 10.5 Å². The number of aryl methyl sites for hydroxylation is 1. The Morgan fingerprint density at radius 3 is 2.64 bits per heavy atom. The fourth-order valence-electron chi connectivity index (χ4n) is 6.46. The second-order valence-corrected chi connectivity index (χ2v) is 11.6. The molecule has 0 bridgehead atoms. The predicted molar refractivity (Wildman–Crippen MR) is 146 cm³/mol. The summed E-state index contributed by atoms with van der Waals surface area (Å²) in [7, 11) is 1.79. The van der Waals surface area contributed by atoms with Crippen molar-refractivity contribution < 1.29 is 19.0 Å². The van der Waals surface area contributed by atoms with E-state index in [1.807, 2.05) is 10.9 Å². The largest absolute Gasteiger partial charge is 0.380 e. The molecular weight excluding hydrogens is 501 g/mol. The minimum atomic E-state index is -1.15. The van der Waals surface area contributed by atoms with Crippen molar-refractivity contribution >= 4 is 16.7 Å². The molecule has 39 heavy (non-hydrogen) atoms. The van der Waals surface area contributed by atoms with Gasteiger partial charge in [-0.3, -0.25) is 9.69 Å². The van der Waals surface area contributed by atoms with Gasteiger partial charge >= 0.3 is 0 Å². The van der Waals surface area contributed by atoms with Crippen molar-refractivity contribution in [1.82, 2.24) is 19.2 Å². The molecule has 210 valence electrons. The van der Waals surface area contributed by atoms with Crippen molar-refractivity contribution in [3.8, 4) is 0 Å². The van der Waals surface area contributed by atoms with Gasteiger partial charge in [0, 0.05) is 50.9 Å². The Morgan fingerprint density at radius 1 is 1.15 bits per heavy atom. The number of benzene rings is 1. The molecule has 0 amide bonds. The molecule has 2 aromatic heterocycles. The lowest BCUT2D eigenvalue weighted by atomic mass is 9.85. The molecule has 9 nitrogen and oxygen atoms in total. The Morgan fingerprint density at radius 2 is 1.95 bits per heavy atom. The van der Waals surface area contributed by atoms with Crippen molar-refractivity contribution in [2.75, 3.05) is 37.8 Å². The first kappa shape index (κ1) is 26.4. The van der Waals surface area contributed by atoms with E-state index in [0.29, 0.717) is 12.1 Å². The third-order valence-corrected chi connectivity index (χ3v) is 8.85.